The van der Waals surface area contributed by atoms with Crippen molar-refractivity contribution >= 4 is 12.6 Å². The van der Waals surface area contributed by atoms with Crippen molar-refractivity contribution in [1.82, 2.24) is 0 Å². The molecule has 0 aliphatic heterocycles. The van der Waals surface area contributed by atoms with Gasteiger partial charge in [0.2, 0.25) is 0 Å². The van der Waals surface area contributed by atoms with E-state index in [2.05, 4.69) is 59.7 Å². The maximum atomic E-state index is 10.0. The number of methoxy groups -OCH3 is 1. The first-order valence-electron chi connectivity index (χ1n) is 10.4. The zero-order valence-electron chi connectivity index (χ0n) is 19.0. The standard InChI is InChI=1S/C24H35BO4/c1-14(2)18-11-19(15(3)4)23(20(12-18)16(5)6)21-9-17(7)10-22(25(26)27)24(21)29-13-28-8/h9-12,14-16,26-27H,13H2,1-8H3. The van der Waals surface area contributed by atoms with Gasteiger partial charge in [-0.15, -0.1) is 0 Å². The summed E-state index contributed by atoms with van der Waals surface area (Å²) < 4.78 is 11.0. The number of rotatable bonds is 8. The van der Waals surface area contributed by atoms with Gasteiger partial charge in [-0.1, -0.05) is 65.3 Å². The highest BCUT2D eigenvalue weighted by Crippen LogP contribution is 2.42. The van der Waals surface area contributed by atoms with Crippen LogP contribution in [-0.2, 0) is 4.74 Å². The SMILES string of the molecule is COCOc1c(B(O)O)cc(C)cc1-c1c(C(C)C)cc(C(C)C)cc1C(C)C. The summed E-state index contributed by atoms with van der Waals surface area (Å²) in [7, 11) is -0.0696. The van der Waals surface area contributed by atoms with Gasteiger partial charge in [0.25, 0.3) is 0 Å². The van der Waals surface area contributed by atoms with Crippen LogP contribution in [0.25, 0.3) is 11.1 Å². The minimum atomic E-state index is -1.62. The van der Waals surface area contributed by atoms with E-state index in [1.165, 1.54) is 16.7 Å². The van der Waals surface area contributed by atoms with Gasteiger partial charge in [-0.3, -0.25) is 0 Å². The van der Waals surface area contributed by atoms with Gasteiger partial charge in [-0.05, 0) is 53.0 Å². The summed E-state index contributed by atoms with van der Waals surface area (Å²) in [5, 5.41) is 20.0. The Hall–Kier alpha value is -1.82. The van der Waals surface area contributed by atoms with Gasteiger partial charge in [-0.2, -0.15) is 0 Å². The molecular weight excluding hydrogens is 363 g/mol. The fourth-order valence-electron chi connectivity index (χ4n) is 3.72. The van der Waals surface area contributed by atoms with Crippen LogP contribution in [0, 0.1) is 6.92 Å². The van der Waals surface area contributed by atoms with Crippen LogP contribution in [0.3, 0.4) is 0 Å². The van der Waals surface area contributed by atoms with Gasteiger partial charge in [0.15, 0.2) is 6.79 Å². The second kappa shape index (κ2) is 9.79. The predicted molar refractivity (Wildman–Crippen MR) is 121 cm³/mol. The van der Waals surface area contributed by atoms with Gasteiger partial charge in [0.1, 0.15) is 5.75 Å². The third-order valence-electron chi connectivity index (χ3n) is 5.26. The van der Waals surface area contributed by atoms with Gasteiger partial charge < -0.3 is 19.5 Å². The lowest BCUT2D eigenvalue weighted by molar-refractivity contribution is 0.0521. The maximum absolute atomic E-state index is 10.0. The number of ether oxygens (including phenoxy) is 2. The van der Waals surface area contributed by atoms with Crippen LogP contribution in [0.1, 0.15) is 81.5 Å². The molecule has 0 aliphatic rings. The zero-order valence-corrected chi connectivity index (χ0v) is 19.0. The third-order valence-corrected chi connectivity index (χ3v) is 5.26. The molecule has 0 radical (unpaired) electrons. The largest absolute Gasteiger partial charge is 0.492 e. The highest BCUT2D eigenvalue weighted by atomic mass is 16.7. The molecule has 0 unspecified atom stereocenters. The molecule has 0 bridgehead atoms. The molecule has 158 valence electrons. The summed E-state index contributed by atoms with van der Waals surface area (Å²) in [6.45, 7) is 15.2. The van der Waals surface area contributed by atoms with Crippen LogP contribution < -0.4 is 10.2 Å². The molecule has 0 saturated heterocycles. The third kappa shape index (κ3) is 5.22. The minimum Gasteiger partial charge on any atom is -0.467 e. The monoisotopic (exact) mass is 398 g/mol. The van der Waals surface area contributed by atoms with Crippen LogP contribution in [-0.4, -0.2) is 31.1 Å². The molecule has 2 aromatic rings. The van der Waals surface area contributed by atoms with Crippen LogP contribution in [0.5, 0.6) is 5.75 Å². The van der Waals surface area contributed by atoms with Gasteiger partial charge >= 0.3 is 7.12 Å². The summed E-state index contributed by atoms with van der Waals surface area (Å²) >= 11 is 0. The van der Waals surface area contributed by atoms with E-state index in [4.69, 9.17) is 9.47 Å². The van der Waals surface area contributed by atoms with E-state index < -0.39 is 7.12 Å². The molecular formula is C24H35BO4. The summed E-state index contributed by atoms with van der Waals surface area (Å²) in [6.07, 6.45) is 0. The lowest BCUT2D eigenvalue weighted by Crippen LogP contribution is -2.32. The molecule has 2 rings (SSSR count). The van der Waals surface area contributed by atoms with Crippen molar-refractivity contribution in [3.05, 3.63) is 46.5 Å². The molecule has 0 spiro atoms. The van der Waals surface area contributed by atoms with E-state index in [1.807, 2.05) is 6.92 Å². The van der Waals surface area contributed by atoms with E-state index in [0.717, 1.165) is 16.7 Å². The van der Waals surface area contributed by atoms with Crippen LogP contribution in [0.4, 0.5) is 0 Å². The minimum absolute atomic E-state index is 0.0356. The Bertz CT molecular complexity index is 812. The van der Waals surface area contributed by atoms with Gasteiger partial charge in [0.05, 0.1) is 0 Å². The van der Waals surface area contributed by atoms with E-state index in [-0.39, 0.29) is 6.79 Å². The molecule has 0 aliphatic carbocycles. The molecule has 2 N–H and O–H groups in total. The average Bonchev–Trinajstić information content (AvgIpc) is 2.64. The molecule has 0 fully saturated rings. The first kappa shape index (κ1) is 23.5. The second-order valence-electron chi connectivity index (χ2n) is 8.69. The van der Waals surface area contributed by atoms with Crippen molar-refractivity contribution in [2.75, 3.05) is 13.9 Å². The normalized spacial score (nSPS) is 11.6. The van der Waals surface area contributed by atoms with Crippen molar-refractivity contribution in [3.63, 3.8) is 0 Å². The van der Waals surface area contributed by atoms with E-state index in [0.29, 0.717) is 29.0 Å². The Labute approximate surface area is 176 Å². The van der Waals surface area contributed by atoms with Gasteiger partial charge in [0, 0.05) is 18.1 Å². The van der Waals surface area contributed by atoms with E-state index >= 15 is 0 Å². The summed E-state index contributed by atoms with van der Waals surface area (Å²) in [5.74, 6) is 1.50. The van der Waals surface area contributed by atoms with Crippen molar-refractivity contribution < 1.29 is 19.5 Å². The second-order valence-corrected chi connectivity index (χ2v) is 8.69. The molecule has 0 atom stereocenters. The van der Waals surface area contributed by atoms with Crippen molar-refractivity contribution in [1.29, 1.82) is 0 Å². The summed E-state index contributed by atoms with van der Waals surface area (Å²) in [4.78, 5) is 0. The lowest BCUT2D eigenvalue weighted by atomic mass is 9.75. The molecule has 0 saturated carbocycles. The number of aryl methyl sites for hydroxylation is 1. The van der Waals surface area contributed by atoms with Crippen molar-refractivity contribution in [3.8, 4) is 16.9 Å². The Balaban J connectivity index is 2.95. The molecule has 0 heterocycles. The van der Waals surface area contributed by atoms with Gasteiger partial charge in [-0.25, -0.2) is 0 Å². The van der Waals surface area contributed by atoms with E-state index in [1.54, 1.807) is 13.2 Å². The zero-order chi connectivity index (χ0) is 21.9. The van der Waals surface area contributed by atoms with Crippen LogP contribution in [0.15, 0.2) is 24.3 Å². The number of hydrogen-bond donors (Lipinski definition) is 2. The highest BCUT2D eigenvalue weighted by Gasteiger charge is 2.26. The van der Waals surface area contributed by atoms with Crippen molar-refractivity contribution in [2.24, 2.45) is 0 Å². The Morgan fingerprint density at radius 3 is 1.83 bits per heavy atom. The molecule has 0 amide bonds. The summed E-state index contributed by atoms with van der Waals surface area (Å²) in [6, 6.07) is 8.40. The smallest absolute Gasteiger partial charge is 0.467 e. The summed E-state index contributed by atoms with van der Waals surface area (Å²) in [5.41, 5.74) is 7.11. The van der Waals surface area contributed by atoms with E-state index in [9.17, 15) is 10.0 Å². The quantitative estimate of drug-likeness (QED) is 0.500. The molecule has 5 heteroatoms. The Kier molecular flexibility index (Phi) is 7.92. The molecule has 4 nitrogen and oxygen atoms in total. The Morgan fingerprint density at radius 2 is 1.41 bits per heavy atom. The maximum Gasteiger partial charge on any atom is 0.492 e. The van der Waals surface area contributed by atoms with Crippen LogP contribution in [0.2, 0.25) is 0 Å². The fourth-order valence-corrected chi connectivity index (χ4v) is 3.72. The molecule has 29 heavy (non-hydrogen) atoms. The molecule has 0 aromatic heterocycles. The first-order valence-corrected chi connectivity index (χ1v) is 10.4. The predicted octanol–water partition coefficient (Wildman–Crippen LogP) is 4.69. The first-order chi connectivity index (χ1) is 13.6. The average molecular weight is 398 g/mol. The van der Waals surface area contributed by atoms with Crippen molar-refractivity contribution in [2.45, 2.75) is 66.2 Å². The number of hydrogen-bond acceptors (Lipinski definition) is 4. The highest BCUT2D eigenvalue weighted by molar-refractivity contribution is 6.60. The topological polar surface area (TPSA) is 58.9 Å². The molecule has 2 aromatic carbocycles. The Morgan fingerprint density at radius 1 is 0.862 bits per heavy atom. The van der Waals surface area contributed by atoms with Crippen LogP contribution >= 0.6 is 0 Å². The fraction of sp³-hybridized carbons (Fsp3) is 0.500. The number of benzene rings is 2. The lowest BCUT2D eigenvalue weighted by Gasteiger charge is -2.26.